The average molecular weight is 427 g/mol. The number of aromatic nitrogens is 2. The fraction of sp³-hybridized carbons (Fsp3) is 0.435. The van der Waals surface area contributed by atoms with Gasteiger partial charge >= 0.3 is 0 Å². The number of hydrogen-bond acceptors (Lipinski definition) is 6. The maximum atomic E-state index is 14.4. The van der Waals surface area contributed by atoms with Gasteiger partial charge in [0.2, 0.25) is 5.90 Å². The van der Waals surface area contributed by atoms with Gasteiger partial charge in [0, 0.05) is 42.1 Å². The molecule has 2 unspecified atom stereocenters. The second kappa shape index (κ2) is 10.3. The highest BCUT2D eigenvalue weighted by Gasteiger charge is 2.30. The number of nitrogens with two attached hydrogens (primary N) is 1. The first-order valence-electron chi connectivity index (χ1n) is 10.6. The van der Waals surface area contributed by atoms with Gasteiger partial charge in [0.05, 0.1) is 5.69 Å². The second-order valence-corrected chi connectivity index (χ2v) is 8.01. The van der Waals surface area contributed by atoms with Crippen molar-refractivity contribution in [2.45, 2.75) is 58.6 Å². The van der Waals surface area contributed by atoms with Crippen molar-refractivity contribution in [2.75, 3.05) is 5.32 Å². The Morgan fingerprint density at radius 1 is 1.45 bits per heavy atom. The molecule has 31 heavy (non-hydrogen) atoms. The molecule has 2 aromatic rings. The van der Waals surface area contributed by atoms with Gasteiger partial charge in [-0.3, -0.25) is 5.10 Å². The van der Waals surface area contributed by atoms with E-state index >= 15 is 0 Å². The van der Waals surface area contributed by atoms with Crippen LogP contribution in [0.3, 0.4) is 0 Å². The quantitative estimate of drug-likeness (QED) is 0.313. The lowest BCUT2D eigenvalue weighted by Crippen LogP contribution is -2.19. The number of nitrogens with zero attached hydrogens (tertiary/aromatic N) is 3. The highest BCUT2D eigenvalue weighted by molar-refractivity contribution is 5.94. The monoisotopic (exact) mass is 426 g/mol. The zero-order valence-electron chi connectivity index (χ0n) is 18.4. The largest absolute Gasteiger partial charge is 0.473 e. The van der Waals surface area contributed by atoms with Crippen LogP contribution < -0.4 is 11.1 Å². The number of anilines is 2. The van der Waals surface area contributed by atoms with E-state index in [-0.39, 0.29) is 30.3 Å². The van der Waals surface area contributed by atoms with Crippen LogP contribution in [0.15, 0.2) is 46.1 Å². The number of nitrogens with one attached hydrogen (secondary N) is 2. The molecule has 0 spiro atoms. The van der Waals surface area contributed by atoms with Crippen molar-refractivity contribution in [1.82, 2.24) is 10.2 Å². The summed E-state index contributed by atoms with van der Waals surface area (Å²) in [6.45, 7) is 9.78. The van der Waals surface area contributed by atoms with Gasteiger partial charge in [-0.05, 0) is 38.2 Å². The Hall–Kier alpha value is -3.00. The minimum atomic E-state index is -0.350. The molecule has 1 aromatic carbocycles. The van der Waals surface area contributed by atoms with Gasteiger partial charge in [0.1, 0.15) is 6.10 Å². The summed E-state index contributed by atoms with van der Waals surface area (Å²) >= 11 is 0. The summed E-state index contributed by atoms with van der Waals surface area (Å²) in [4.78, 5) is 0. The highest BCUT2D eigenvalue weighted by atomic mass is 19.1. The van der Waals surface area contributed by atoms with Crippen molar-refractivity contribution in [1.29, 1.82) is 0 Å². The van der Waals surface area contributed by atoms with Crippen molar-refractivity contribution in [3.8, 4) is 0 Å². The van der Waals surface area contributed by atoms with Crippen LogP contribution in [0.1, 0.15) is 57.2 Å². The van der Waals surface area contributed by atoms with Crippen LogP contribution in [0.5, 0.6) is 0 Å². The second-order valence-electron chi connectivity index (χ2n) is 8.01. The molecule has 1 fully saturated rings. The number of halogens is 1. The Morgan fingerprint density at radius 3 is 2.94 bits per heavy atom. The molecule has 1 saturated carbocycles. The Kier molecular flexibility index (Phi) is 7.57. The standard InChI is InChI=1S/C23H31FN6O/c1-5-18(14(2)3)23(30-26-4)31-17-10-9-15(11-17)20-12-21(29-28-20)27-19-8-6-7-16(13-25)22(19)24/h5-8,12,14-15,17H,4,9-11,13,25H2,1-3H3,(H2,27,28,29)/b18-5-,30-23+. The van der Waals surface area contributed by atoms with E-state index in [1.54, 1.807) is 18.2 Å². The third kappa shape index (κ3) is 5.38. The predicted octanol–water partition coefficient (Wildman–Crippen LogP) is 5.02. The fourth-order valence-electron chi connectivity index (χ4n) is 3.99. The first kappa shape index (κ1) is 22.7. The molecular weight excluding hydrogens is 395 g/mol. The molecule has 0 radical (unpaired) electrons. The molecule has 0 amide bonds. The zero-order chi connectivity index (χ0) is 22.4. The number of hydrogen-bond donors (Lipinski definition) is 3. The summed E-state index contributed by atoms with van der Waals surface area (Å²) in [7, 11) is 0. The van der Waals surface area contributed by atoms with Crippen LogP contribution >= 0.6 is 0 Å². The fourth-order valence-corrected chi connectivity index (χ4v) is 3.99. The molecule has 166 valence electrons. The van der Waals surface area contributed by atoms with Crippen LogP contribution in [0.2, 0.25) is 0 Å². The van der Waals surface area contributed by atoms with Gasteiger partial charge in [-0.25, -0.2) is 4.39 Å². The molecule has 7 nitrogen and oxygen atoms in total. The summed E-state index contributed by atoms with van der Waals surface area (Å²) in [6, 6.07) is 7.04. The third-order valence-corrected chi connectivity index (χ3v) is 5.60. The molecule has 1 heterocycles. The number of H-pyrrole nitrogens is 1. The molecular formula is C23H31FN6O. The number of allylic oxidation sites excluding steroid dienone is 1. The number of aromatic amines is 1. The topological polar surface area (TPSA) is 101 Å². The van der Waals surface area contributed by atoms with Gasteiger partial charge in [-0.1, -0.05) is 32.1 Å². The van der Waals surface area contributed by atoms with Gasteiger partial charge < -0.3 is 15.8 Å². The van der Waals surface area contributed by atoms with Gasteiger partial charge in [0.15, 0.2) is 11.6 Å². The molecule has 1 aliphatic rings. The van der Waals surface area contributed by atoms with E-state index in [9.17, 15) is 4.39 Å². The van der Waals surface area contributed by atoms with Crippen molar-refractivity contribution in [2.24, 2.45) is 21.9 Å². The van der Waals surface area contributed by atoms with Crippen molar-refractivity contribution < 1.29 is 9.13 Å². The molecule has 0 saturated heterocycles. The smallest absolute Gasteiger partial charge is 0.236 e. The lowest BCUT2D eigenvalue weighted by atomic mass is 10.0. The number of ether oxygens (including phenoxy) is 1. The SMILES string of the molecule is C=N/N=C(OC1CCC(c2cc(Nc3cccc(CN)c3F)n[nH]2)C1)\C(=C/C)C(C)C. The molecule has 0 bridgehead atoms. The van der Waals surface area contributed by atoms with Crippen LogP contribution in [0.25, 0.3) is 0 Å². The summed E-state index contributed by atoms with van der Waals surface area (Å²) in [5, 5.41) is 18.2. The van der Waals surface area contributed by atoms with E-state index < -0.39 is 0 Å². The molecule has 8 heteroatoms. The Balaban J connectivity index is 1.65. The Morgan fingerprint density at radius 2 is 2.26 bits per heavy atom. The van der Waals surface area contributed by atoms with E-state index in [2.05, 4.69) is 46.3 Å². The summed E-state index contributed by atoms with van der Waals surface area (Å²) in [5.74, 6) is 1.32. The minimum absolute atomic E-state index is 0.0394. The number of benzene rings is 1. The maximum Gasteiger partial charge on any atom is 0.236 e. The van der Waals surface area contributed by atoms with E-state index in [0.29, 0.717) is 23.0 Å². The van der Waals surface area contributed by atoms with E-state index in [4.69, 9.17) is 10.5 Å². The molecule has 3 rings (SSSR count). The third-order valence-electron chi connectivity index (χ3n) is 5.60. The van der Waals surface area contributed by atoms with Crippen molar-refractivity contribution in [3.05, 3.63) is 53.0 Å². The van der Waals surface area contributed by atoms with Crippen LogP contribution in [0, 0.1) is 11.7 Å². The minimum Gasteiger partial charge on any atom is -0.473 e. The lowest BCUT2D eigenvalue weighted by molar-refractivity contribution is 0.192. The average Bonchev–Trinajstić information content (AvgIpc) is 3.39. The van der Waals surface area contributed by atoms with E-state index in [1.165, 1.54) is 0 Å². The Bertz CT molecular complexity index is 965. The summed E-state index contributed by atoms with van der Waals surface area (Å²) in [5.41, 5.74) is 8.43. The first-order valence-corrected chi connectivity index (χ1v) is 10.6. The van der Waals surface area contributed by atoms with E-state index in [0.717, 1.165) is 30.5 Å². The molecule has 0 aliphatic heterocycles. The zero-order valence-corrected chi connectivity index (χ0v) is 18.4. The molecule has 1 aromatic heterocycles. The van der Waals surface area contributed by atoms with Gasteiger partial charge in [-0.15, -0.1) is 5.10 Å². The predicted molar refractivity (Wildman–Crippen MR) is 123 cm³/mol. The first-order chi connectivity index (χ1) is 15.0. The van der Waals surface area contributed by atoms with Crippen LogP contribution in [0.4, 0.5) is 15.9 Å². The van der Waals surface area contributed by atoms with Crippen molar-refractivity contribution in [3.63, 3.8) is 0 Å². The molecule has 4 N–H and O–H groups in total. The summed E-state index contributed by atoms with van der Waals surface area (Å²) in [6.07, 6.45) is 4.75. The maximum absolute atomic E-state index is 14.4. The van der Waals surface area contributed by atoms with Gasteiger partial charge in [-0.2, -0.15) is 10.2 Å². The van der Waals surface area contributed by atoms with Gasteiger partial charge in [0.25, 0.3) is 0 Å². The molecule has 2 atom stereocenters. The summed E-state index contributed by atoms with van der Waals surface area (Å²) < 4.78 is 20.6. The normalized spacial score (nSPS) is 19.7. The Labute approximate surface area is 182 Å². The van der Waals surface area contributed by atoms with Crippen LogP contribution in [-0.2, 0) is 11.3 Å². The van der Waals surface area contributed by atoms with Crippen molar-refractivity contribution >= 4 is 24.1 Å². The lowest BCUT2D eigenvalue weighted by Gasteiger charge is -2.18. The van der Waals surface area contributed by atoms with Crippen LogP contribution in [-0.4, -0.2) is 28.9 Å². The number of rotatable bonds is 8. The highest BCUT2D eigenvalue weighted by Crippen LogP contribution is 2.37. The molecule has 1 aliphatic carbocycles. The van der Waals surface area contributed by atoms with E-state index in [1.807, 2.05) is 19.1 Å².